The fraction of sp³-hybridized carbons (Fsp3) is 0.316. The van der Waals surface area contributed by atoms with Crippen LogP contribution in [0, 0.1) is 0 Å². The van der Waals surface area contributed by atoms with Crippen LogP contribution in [0.25, 0.3) is 0 Å². The second kappa shape index (κ2) is 6.42. The van der Waals surface area contributed by atoms with Gasteiger partial charge in [-0.2, -0.15) is 0 Å². The lowest BCUT2D eigenvalue weighted by Gasteiger charge is -2.32. The Labute approximate surface area is 132 Å². The van der Waals surface area contributed by atoms with Gasteiger partial charge in [0.05, 0.1) is 6.04 Å². The first-order valence-corrected chi connectivity index (χ1v) is 7.47. The molecular formula is C19H22NO2. The average molecular weight is 296 g/mol. The molecule has 0 aliphatic carbocycles. The molecule has 0 saturated heterocycles. The SMILES string of the molecule is CC(c1ccc(C(=O)c2ccccc2)cc1)N([O])C(C)(C)C. The largest absolute Gasteiger partial charge is 0.289 e. The number of carbonyl (C=O) groups is 1. The highest BCUT2D eigenvalue weighted by Crippen LogP contribution is 2.26. The minimum absolute atomic E-state index is 0.00500. The molecule has 2 aromatic carbocycles. The van der Waals surface area contributed by atoms with Crippen LogP contribution in [-0.4, -0.2) is 16.4 Å². The van der Waals surface area contributed by atoms with E-state index in [0.717, 1.165) is 10.6 Å². The highest BCUT2D eigenvalue weighted by atomic mass is 16.5. The first kappa shape index (κ1) is 16.4. The van der Waals surface area contributed by atoms with Gasteiger partial charge in [0.1, 0.15) is 0 Å². The first-order valence-electron chi connectivity index (χ1n) is 7.47. The van der Waals surface area contributed by atoms with Gasteiger partial charge in [0.25, 0.3) is 0 Å². The zero-order valence-electron chi connectivity index (χ0n) is 13.5. The summed E-state index contributed by atoms with van der Waals surface area (Å²) in [6.07, 6.45) is 0. The number of hydrogen-bond acceptors (Lipinski definition) is 2. The third-order valence-electron chi connectivity index (χ3n) is 3.70. The van der Waals surface area contributed by atoms with Crippen molar-refractivity contribution in [3.8, 4) is 0 Å². The molecule has 0 amide bonds. The molecule has 0 N–H and O–H groups in total. The molecule has 1 unspecified atom stereocenters. The maximum Gasteiger partial charge on any atom is 0.193 e. The molecule has 2 rings (SSSR count). The molecule has 2 aromatic rings. The topological polar surface area (TPSA) is 40.2 Å². The minimum Gasteiger partial charge on any atom is -0.289 e. The Bertz CT molecular complexity index is 627. The highest BCUT2D eigenvalue weighted by molar-refractivity contribution is 6.08. The molecule has 3 nitrogen and oxygen atoms in total. The van der Waals surface area contributed by atoms with E-state index >= 15 is 0 Å². The molecular weight excluding hydrogens is 274 g/mol. The lowest BCUT2D eigenvalue weighted by molar-refractivity contribution is -0.238. The summed E-state index contributed by atoms with van der Waals surface area (Å²) in [5.41, 5.74) is 1.77. The molecule has 0 fully saturated rings. The number of rotatable bonds is 4. The number of ketones is 1. The Morgan fingerprint density at radius 1 is 0.909 bits per heavy atom. The molecule has 1 radical (unpaired) electrons. The predicted octanol–water partition coefficient (Wildman–Crippen LogP) is 4.42. The third-order valence-corrected chi connectivity index (χ3v) is 3.70. The Kier molecular flexibility index (Phi) is 4.79. The van der Waals surface area contributed by atoms with Crippen LogP contribution in [0.4, 0.5) is 0 Å². The molecule has 1 atom stereocenters. The number of nitrogens with zero attached hydrogens (tertiary/aromatic N) is 1. The summed E-state index contributed by atoms with van der Waals surface area (Å²) in [5.74, 6) is -0.00500. The van der Waals surface area contributed by atoms with Crippen LogP contribution in [0.5, 0.6) is 0 Å². The molecule has 22 heavy (non-hydrogen) atoms. The maximum absolute atomic E-state index is 12.3. The van der Waals surface area contributed by atoms with Gasteiger partial charge in [0.2, 0.25) is 0 Å². The van der Waals surface area contributed by atoms with E-state index in [0.29, 0.717) is 11.1 Å². The van der Waals surface area contributed by atoms with E-state index in [1.807, 2.05) is 58.0 Å². The number of hydrogen-bond donors (Lipinski definition) is 0. The van der Waals surface area contributed by atoms with Crippen LogP contribution in [0.2, 0.25) is 0 Å². The van der Waals surface area contributed by atoms with E-state index in [2.05, 4.69) is 0 Å². The first-order chi connectivity index (χ1) is 10.3. The van der Waals surface area contributed by atoms with Gasteiger partial charge < -0.3 is 0 Å². The van der Waals surface area contributed by atoms with E-state index in [1.165, 1.54) is 0 Å². The van der Waals surface area contributed by atoms with Gasteiger partial charge in [0.15, 0.2) is 5.78 Å². The second-order valence-electron chi connectivity index (χ2n) is 6.49. The van der Waals surface area contributed by atoms with E-state index in [-0.39, 0.29) is 11.8 Å². The summed E-state index contributed by atoms with van der Waals surface area (Å²) in [6.45, 7) is 7.56. The molecule has 0 aliphatic heterocycles. The van der Waals surface area contributed by atoms with Crippen LogP contribution in [0.1, 0.15) is 55.2 Å². The lowest BCUT2D eigenvalue weighted by atomic mass is 9.98. The van der Waals surface area contributed by atoms with Gasteiger partial charge in [0, 0.05) is 16.7 Å². The van der Waals surface area contributed by atoms with E-state index in [1.54, 1.807) is 24.3 Å². The summed E-state index contributed by atoms with van der Waals surface area (Å²) in [4.78, 5) is 12.3. The average Bonchev–Trinajstić information content (AvgIpc) is 2.53. The summed E-state index contributed by atoms with van der Waals surface area (Å²) in [5, 5.41) is 13.3. The van der Waals surface area contributed by atoms with Crippen molar-refractivity contribution < 1.29 is 10.0 Å². The molecule has 3 heteroatoms. The quantitative estimate of drug-likeness (QED) is 0.618. The number of benzene rings is 2. The molecule has 0 heterocycles. The number of carbonyl (C=O) groups excluding carboxylic acids is 1. The van der Waals surface area contributed by atoms with Crippen LogP contribution < -0.4 is 0 Å². The fourth-order valence-corrected chi connectivity index (χ4v) is 2.39. The van der Waals surface area contributed by atoms with E-state index in [9.17, 15) is 10.0 Å². The molecule has 0 aliphatic rings. The van der Waals surface area contributed by atoms with Gasteiger partial charge in [-0.05, 0) is 33.3 Å². The molecule has 0 bridgehead atoms. The van der Waals surface area contributed by atoms with Gasteiger partial charge >= 0.3 is 0 Å². The fourth-order valence-electron chi connectivity index (χ4n) is 2.39. The monoisotopic (exact) mass is 296 g/mol. The Morgan fingerprint density at radius 3 is 1.91 bits per heavy atom. The zero-order valence-corrected chi connectivity index (χ0v) is 13.5. The Morgan fingerprint density at radius 2 is 1.41 bits per heavy atom. The van der Waals surface area contributed by atoms with Crippen molar-refractivity contribution in [1.82, 2.24) is 5.06 Å². The minimum atomic E-state index is -0.446. The van der Waals surface area contributed by atoms with E-state index < -0.39 is 5.54 Å². The molecule has 115 valence electrons. The van der Waals surface area contributed by atoms with Crippen molar-refractivity contribution in [1.29, 1.82) is 0 Å². The van der Waals surface area contributed by atoms with E-state index in [4.69, 9.17) is 0 Å². The third kappa shape index (κ3) is 3.62. The highest BCUT2D eigenvalue weighted by Gasteiger charge is 2.27. The van der Waals surface area contributed by atoms with Crippen LogP contribution in [0.15, 0.2) is 54.6 Å². The van der Waals surface area contributed by atoms with Gasteiger partial charge in [-0.15, -0.1) is 10.3 Å². The van der Waals surface area contributed by atoms with Crippen molar-refractivity contribution in [2.45, 2.75) is 39.3 Å². The summed E-state index contributed by atoms with van der Waals surface area (Å²) < 4.78 is 0. The lowest BCUT2D eigenvalue weighted by Crippen LogP contribution is -2.39. The van der Waals surface area contributed by atoms with Crippen molar-refractivity contribution in [2.24, 2.45) is 0 Å². The summed E-state index contributed by atoms with van der Waals surface area (Å²) in [6, 6.07) is 16.2. The zero-order chi connectivity index (χ0) is 16.3. The van der Waals surface area contributed by atoms with Gasteiger partial charge in [-0.25, -0.2) is 0 Å². The van der Waals surface area contributed by atoms with Crippen molar-refractivity contribution in [2.75, 3.05) is 0 Å². The Balaban J connectivity index is 2.19. The Hall–Kier alpha value is -1.97. The van der Waals surface area contributed by atoms with Crippen molar-refractivity contribution in [3.05, 3.63) is 71.3 Å². The van der Waals surface area contributed by atoms with Crippen LogP contribution in [-0.2, 0) is 5.21 Å². The molecule has 0 saturated carbocycles. The van der Waals surface area contributed by atoms with Crippen LogP contribution in [0.3, 0.4) is 0 Å². The molecule has 0 spiro atoms. The van der Waals surface area contributed by atoms with Crippen molar-refractivity contribution in [3.63, 3.8) is 0 Å². The summed E-state index contributed by atoms with van der Waals surface area (Å²) >= 11 is 0. The normalized spacial score (nSPS) is 13.2. The van der Waals surface area contributed by atoms with Gasteiger partial charge in [-0.1, -0.05) is 54.6 Å². The smallest absolute Gasteiger partial charge is 0.193 e. The standard InChI is InChI=1S/C19H22NO2/c1-14(20(22)19(2,3)4)15-10-12-17(13-11-15)18(21)16-8-6-5-7-9-16/h5-14H,1-4H3. The van der Waals surface area contributed by atoms with Crippen molar-refractivity contribution >= 4 is 5.78 Å². The predicted molar refractivity (Wildman–Crippen MR) is 87.0 cm³/mol. The maximum atomic E-state index is 12.3. The van der Waals surface area contributed by atoms with Gasteiger partial charge in [-0.3, -0.25) is 4.79 Å². The second-order valence-corrected chi connectivity index (χ2v) is 6.49. The summed E-state index contributed by atoms with van der Waals surface area (Å²) in [7, 11) is 0. The molecule has 0 aromatic heterocycles. The number of hydroxylamine groups is 2. The van der Waals surface area contributed by atoms with Crippen LogP contribution >= 0.6 is 0 Å².